The molecule has 0 N–H and O–H groups in total. The van der Waals surface area contributed by atoms with Gasteiger partial charge in [0.2, 0.25) is 12.2 Å². The van der Waals surface area contributed by atoms with Gasteiger partial charge in [0, 0.05) is 10.7 Å². The summed E-state index contributed by atoms with van der Waals surface area (Å²) in [6, 6.07) is 7.22. The van der Waals surface area contributed by atoms with Crippen LogP contribution in [0, 0.1) is 10.1 Å². The summed E-state index contributed by atoms with van der Waals surface area (Å²) >= 11 is 6.08. The van der Waals surface area contributed by atoms with E-state index in [1.165, 1.54) is 11.0 Å². The van der Waals surface area contributed by atoms with Crippen molar-refractivity contribution < 1.29 is 9.34 Å². The van der Waals surface area contributed by atoms with Crippen LogP contribution >= 0.6 is 11.6 Å². The summed E-state index contributed by atoms with van der Waals surface area (Å²) in [5, 5.41) is 14.7. The van der Waals surface area contributed by atoms with Gasteiger partial charge in [-0.25, -0.2) is 4.98 Å². The zero-order valence-electron chi connectivity index (χ0n) is 10.5. The van der Waals surface area contributed by atoms with E-state index in [2.05, 4.69) is 15.1 Å². The normalized spacial score (nSPS) is 10.7. The van der Waals surface area contributed by atoms with Crippen molar-refractivity contribution in [3.8, 4) is 11.3 Å². The fraction of sp³-hybridized carbons (Fsp3) is 0.0833. The number of nitro groups is 1. The van der Waals surface area contributed by atoms with Gasteiger partial charge in [-0.2, -0.15) is 4.68 Å². The SMILES string of the molecule is O=[N+]([O-])c1ncn(Cc2ncc(-c3ccccc3Cl)o2)n1. The molecule has 3 aromatic rings. The van der Waals surface area contributed by atoms with Crippen LogP contribution < -0.4 is 0 Å². The molecule has 0 saturated heterocycles. The minimum absolute atomic E-state index is 0.144. The third-order valence-electron chi connectivity index (χ3n) is 2.68. The van der Waals surface area contributed by atoms with E-state index in [1.54, 1.807) is 12.3 Å². The summed E-state index contributed by atoms with van der Waals surface area (Å²) < 4.78 is 6.85. The Hall–Kier alpha value is -2.74. The Balaban J connectivity index is 1.82. The maximum Gasteiger partial charge on any atom is 0.490 e. The molecule has 8 nitrogen and oxygen atoms in total. The maximum atomic E-state index is 10.5. The molecule has 1 aromatic carbocycles. The second kappa shape index (κ2) is 5.33. The fourth-order valence-corrected chi connectivity index (χ4v) is 1.98. The smallest absolute Gasteiger partial charge is 0.439 e. The van der Waals surface area contributed by atoms with E-state index in [4.69, 9.17) is 16.0 Å². The molecule has 0 bridgehead atoms. The molecule has 9 heteroatoms. The molecule has 0 saturated carbocycles. The maximum absolute atomic E-state index is 10.5. The molecule has 2 aromatic heterocycles. The zero-order valence-corrected chi connectivity index (χ0v) is 11.3. The molecule has 0 spiro atoms. The van der Waals surface area contributed by atoms with Crippen LogP contribution in [0.2, 0.25) is 5.02 Å². The van der Waals surface area contributed by atoms with Crippen molar-refractivity contribution in [2.75, 3.05) is 0 Å². The van der Waals surface area contributed by atoms with E-state index < -0.39 is 10.9 Å². The zero-order chi connectivity index (χ0) is 14.8. The molecule has 0 aliphatic rings. The molecule has 0 aliphatic heterocycles. The number of aromatic nitrogens is 4. The van der Waals surface area contributed by atoms with Gasteiger partial charge in [0.1, 0.15) is 6.54 Å². The second-order valence-electron chi connectivity index (χ2n) is 4.10. The van der Waals surface area contributed by atoms with Crippen LogP contribution in [0.5, 0.6) is 0 Å². The summed E-state index contributed by atoms with van der Waals surface area (Å²) in [5.41, 5.74) is 0.725. The largest absolute Gasteiger partial charge is 0.490 e. The van der Waals surface area contributed by atoms with E-state index in [9.17, 15) is 10.1 Å². The first kappa shape index (κ1) is 13.3. The summed E-state index contributed by atoms with van der Waals surface area (Å²) in [7, 11) is 0. The van der Waals surface area contributed by atoms with Crippen molar-refractivity contribution >= 4 is 17.5 Å². The lowest BCUT2D eigenvalue weighted by Crippen LogP contribution is -2.01. The van der Waals surface area contributed by atoms with Crippen molar-refractivity contribution in [1.29, 1.82) is 0 Å². The van der Waals surface area contributed by atoms with Crippen molar-refractivity contribution in [3.63, 3.8) is 0 Å². The molecule has 3 rings (SSSR count). The van der Waals surface area contributed by atoms with Gasteiger partial charge in [0.05, 0.1) is 11.2 Å². The Bertz CT molecular complexity index is 798. The first-order valence-electron chi connectivity index (χ1n) is 5.87. The highest BCUT2D eigenvalue weighted by Crippen LogP contribution is 2.28. The lowest BCUT2D eigenvalue weighted by Gasteiger charge is -1.98. The molecular weight excluding hydrogens is 298 g/mol. The quantitative estimate of drug-likeness (QED) is 0.542. The van der Waals surface area contributed by atoms with Crippen LogP contribution in [-0.2, 0) is 6.54 Å². The van der Waals surface area contributed by atoms with E-state index in [0.29, 0.717) is 16.7 Å². The predicted octanol–water partition coefficient (Wildman–Crippen LogP) is 2.54. The fourth-order valence-electron chi connectivity index (χ4n) is 1.75. The van der Waals surface area contributed by atoms with Gasteiger partial charge in [0.25, 0.3) is 0 Å². The molecule has 2 heterocycles. The number of benzene rings is 1. The first-order chi connectivity index (χ1) is 10.1. The monoisotopic (exact) mass is 305 g/mol. The van der Waals surface area contributed by atoms with Crippen LogP contribution in [0.4, 0.5) is 5.95 Å². The summed E-state index contributed by atoms with van der Waals surface area (Å²) in [4.78, 5) is 17.5. The number of rotatable bonds is 4. The second-order valence-corrected chi connectivity index (χ2v) is 4.50. The van der Waals surface area contributed by atoms with Gasteiger partial charge in [-0.1, -0.05) is 28.7 Å². The van der Waals surface area contributed by atoms with Gasteiger partial charge >= 0.3 is 5.95 Å². The predicted molar refractivity (Wildman–Crippen MR) is 72.7 cm³/mol. The number of oxazole rings is 1. The van der Waals surface area contributed by atoms with Crippen molar-refractivity contribution in [1.82, 2.24) is 19.7 Å². The number of halogens is 1. The average Bonchev–Trinajstić information content (AvgIpc) is 3.09. The van der Waals surface area contributed by atoms with E-state index >= 15 is 0 Å². The summed E-state index contributed by atoms with van der Waals surface area (Å²) in [6.45, 7) is 0.144. The molecule has 0 fully saturated rings. The highest BCUT2D eigenvalue weighted by Gasteiger charge is 2.15. The Labute approximate surface area is 123 Å². The molecule has 0 unspecified atom stereocenters. The number of nitrogens with zero attached hydrogens (tertiary/aromatic N) is 5. The van der Waals surface area contributed by atoms with Gasteiger partial charge in [-0.05, 0) is 17.1 Å². The molecule has 0 radical (unpaired) electrons. The van der Waals surface area contributed by atoms with Crippen molar-refractivity contribution in [2.24, 2.45) is 0 Å². The van der Waals surface area contributed by atoms with Crippen LogP contribution in [0.3, 0.4) is 0 Å². The van der Waals surface area contributed by atoms with Crippen LogP contribution in [0.15, 0.2) is 41.2 Å². The van der Waals surface area contributed by atoms with Crippen molar-refractivity contribution in [2.45, 2.75) is 6.54 Å². The van der Waals surface area contributed by atoms with Gasteiger partial charge in [-0.15, -0.1) is 0 Å². The van der Waals surface area contributed by atoms with Crippen LogP contribution in [0.1, 0.15) is 5.89 Å². The van der Waals surface area contributed by atoms with E-state index in [0.717, 1.165) is 5.56 Å². The molecular formula is C12H8ClN5O3. The van der Waals surface area contributed by atoms with Crippen LogP contribution in [-0.4, -0.2) is 24.7 Å². The highest BCUT2D eigenvalue weighted by molar-refractivity contribution is 6.33. The lowest BCUT2D eigenvalue weighted by atomic mass is 10.2. The number of hydrogen-bond donors (Lipinski definition) is 0. The summed E-state index contributed by atoms with van der Waals surface area (Å²) in [6.07, 6.45) is 2.79. The number of hydrogen-bond acceptors (Lipinski definition) is 6. The Morgan fingerprint density at radius 1 is 1.33 bits per heavy atom. The minimum atomic E-state index is -0.665. The highest BCUT2D eigenvalue weighted by atomic mass is 35.5. The van der Waals surface area contributed by atoms with Gasteiger partial charge in [-0.3, -0.25) is 0 Å². The molecule has 0 aliphatic carbocycles. The molecule has 106 valence electrons. The molecule has 0 amide bonds. The Morgan fingerprint density at radius 2 is 2.14 bits per heavy atom. The minimum Gasteiger partial charge on any atom is -0.439 e. The Kier molecular flexibility index (Phi) is 3.36. The molecule has 0 atom stereocenters. The lowest BCUT2D eigenvalue weighted by molar-refractivity contribution is -0.394. The van der Waals surface area contributed by atoms with Gasteiger partial charge in [0.15, 0.2) is 5.76 Å². The van der Waals surface area contributed by atoms with E-state index in [-0.39, 0.29) is 6.54 Å². The third-order valence-corrected chi connectivity index (χ3v) is 3.01. The summed E-state index contributed by atoms with van der Waals surface area (Å²) in [5.74, 6) is 0.405. The first-order valence-corrected chi connectivity index (χ1v) is 6.25. The molecule has 21 heavy (non-hydrogen) atoms. The third kappa shape index (κ3) is 2.75. The topological polar surface area (TPSA) is 99.9 Å². The van der Waals surface area contributed by atoms with Crippen molar-refractivity contribution in [3.05, 3.63) is 57.8 Å². The standard InChI is InChI=1S/C12H8ClN5O3/c13-9-4-2-1-3-8(9)10-5-14-11(21-10)6-17-7-15-12(16-17)18(19)20/h1-5,7H,6H2. The Morgan fingerprint density at radius 3 is 2.86 bits per heavy atom. The van der Waals surface area contributed by atoms with E-state index in [1.807, 2.05) is 18.2 Å². The van der Waals surface area contributed by atoms with Gasteiger partial charge < -0.3 is 14.5 Å². The van der Waals surface area contributed by atoms with Crippen LogP contribution in [0.25, 0.3) is 11.3 Å². The average molecular weight is 306 g/mol.